The number of halogens is 4. The maximum Gasteiger partial charge on any atom is 0.435 e. The van der Waals surface area contributed by atoms with Crippen molar-refractivity contribution < 1.29 is 27.6 Å². The van der Waals surface area contributed by atoms with Crippen molar-refractivity contribution in [2.45, 2.75) is 18.8 Å². The molecule has 3 aliphatic rings. The summed E-state index contributed by atoms with van der Waals surface area (Å²) in [5.74, 6) is 1.60. The van der Waals surface area contributed by atoms with Crippen LogP contribution in [0.1, 0.15) is 26.7 Å². The molecule has 45 heavy (non-hydrogen) atoms. The zero-order valence-electron chi connectivity index (χ0n) is 24.1. The van der Waals surface area contributed by atoms with Crippen LogP contribution in [0.5, 0.6) is 0 Å². The van der Waals surface area contributed by atoms with Crippen LogP contribution in [0, 0.1) is 18.3 Å². The second kappa shape index (κ2) is 11.8. The van der Waals surface area contributed by atoms with Gasteiger partial charge in [-0.1, -0.05) is 17.5 Å². The maximum atomic E-state index is 13.7. The number of rotatable bonds is 5. The Bertz CT molecular complexity index is 1690. The molecular formula is C29H29ClF3N9O3. The fraction of sp³-hybridized carbons (Fsp3) is 0.414. The Morgan fingerprint density at radius 2 is 1.87 bits per heavy atom. The summed E-state index contributed by atoms with van der Waals surface area (Å²) in [4.78, 5) is 48.5. The van der Waals surface area contributed by atoms with Gasteiger partial charge >= 0.3 is 12.2 Å². The summed E-state index contributed by atoms with van der Waals surface area (Å²) >= 11 is 6.45. The second-order valence-electron chi connectivity index (χ2n) is 11.2. The van der Waals surface area contributed by atoms with E-state index in [0.717, 1.165) is 30.2 Å². The van der Waals surface area contributed by atoms with Crippen LogP contribution in [0.3, 0.4) is 0 Å². The number of nitrogens with one attached hydrogen (secondary N) is 2. The minimum atomic E-state index is -4.76. The van der Waals surface area contributed by atoms with E-state index in [0.29, 0.717) is 44.7 Å². The highest BCUT2D eigenvalue weighted by molar-refractivity contribution is 6.34. The van der Waals surface area contributed by atoms with Gasteiger partial charge in [0, 0.05) is 76.7 Å². The van der Waals surface area contributed by atoms with Gasteiger partial charge in [0.25, 0.3) is 11.8 Å². The molecule has 12 nitrogen and oxygen atoms in total. The van der Waals surface area contributed by atoms with Gasteiger partial charge in [0.1, 0.15) is 6.54 Å². The standard InChI is InChI=1S/C29H29ClF3N9O3/c1-3-6-42-15-20(24(37-42)29(31,32)33)23-13-35-25(38(23)2)26(43)36-18-4-5-19(21(30)11-18)27(44)39-7-9-40(10-8-39)28(45)41-14-17-12-34-22(17)16-41/h1,4-5,11,13,15,17,22,34H,6-10,12,14,16H2,2H3,(H,36,43). The van der Waals surface area contributed by atoms with Crippen molar-refractivity contribution in [2.75, 3.05) is 51.1 Å². The van der Waals surface area contributed by atoms with E-state index in [2.05, 4.69) is 26.6 Å². The Kier molecular flexibility index (Phi) is 7.96. The normalized spacial score (nSPS) is 19.6. The van der Waals surface area contributed by atoms with E-state index in [4.69, 9.17) is 18.0 Å². The lowest BCUT2D eigenvalue weighted by Crippen LogP contribution is -2.54. The number of likely N-dealkylation sites (tertiary alicyclic amines) is 1. The first-order valence-corrected chi connectivity index (χ1v) is 14.6. The molecule has 3 fully saturated rings. The molecule has 2 unspecified atom stereocenters. The lowest BCUT2D eigenvalue weighted by molar-refractivity contribution is -0.141. The molecule has 2 aromatic heterocycles. The number of aromatic nitrogens is 4. The van der Waals surface area contributed by atoms with Crippen molar-refractivity contribution in [3.8, 4) is 23.6 Å². The second-order valence-corrected chi connectivity index (χ2v) is 11.6. The molecule has 3 aromatic rings. The predicted octanol–water partition coefficient (Wildman–Crippen LogP) is 2.62. The fourth-order valence-electron chi connectivity index (χ4n) is 5.90. The number of anilines is 1. The Morgan fingerprint density at radius 3 is 2.47 bits per heavy atom. The average molecular weight is 644 g/mol. The number of piperazine rings is 1. The van der Waals surface area contributed by atoms with Crippen LogP contribution >= 0.6 is 11.6 Å². The molecule has 2 N–H and O–H groups in total. The van der Waals surface area contributed by atoms with E-state index in [-0.39, 0.29) is 51.8 Å². The number of carbonyl (C=O) groups is 3. The van der Waals surface area contributed by atoms with Crippen molar-refractivity contribution in [1.82, 2.24) is 39.3 Å². The number of amides is 4. The molecule has 3 saturated heterocycles. The Balaban J connectivity index is 1.09. The van der Waals surface area contributed by atoms with Crippen molar-refractivity contribution in [1.29, 1.82) is 0 Å². The molecule has 6 rings (SSSR count). The van der Waals surface area contributed by atoms with E-state index in [1.54, 1.807) is 9.80 Å². The first-order chi connectivity index (χ1) is 21.4. The summed E-state index contributed by atoms with van der Waals surface area (Å²) in [5.41, 5.74) is -0.916. The van der Waals surface area contributed by atoms with Gasteiger partial charge in [0.05, 0.1) is 28.0 Å². The molecule has 236 valence electrons. The largest absolute Gasteiger partial charge is 0.435 e. The zero-order valence-corrected chi connectivity index (χ0v) is 24.9. The number of terminal acetylenes is 1. The summed E-state index contributed by atoms with van der Waals surface area (Å²) in [6, 6.07) is 4.79. The number of alkyl halides is 3. The summed E-state index contributed by atoms with van der Waals surface area (Å²) in [7, 11) is 1.41. The SMILES string of the molecule is C#CCn1cc(-c2cnc(C(=O)Nc3ccc(C(=O)N4CCN(C(=O)N5CC6CNC6C5)CC4)c(Cl)c3)n2C)c(C(F)(F)F)n1. The lowest BCUT2D eigenvalue weighted by Gasteiger charge is -2.36. The number of imidazole rings is 1. The van der Waals surface area contributed by atoms with Gasteiger partial charge < -0.3 is 29.9 Å². The third kappa shape index (κ3) is 5.83. The number of urea groups is 1. The van der Waals surface area contributed by atoms with Gasteiger partial charge in [-0.2, -0.15) is 18.3 Å². The van der Waals surface area contributed by atoms with Crippen molar-refractivity contribution in [2.24, 2.45) is 13.0 Å². The quantitative estimate of drug-likeness (QED) is 0.413. The highest BCUT2D eigenvalue weighted by atomic mass is 35.5. The number of hydrogen-bond acceptors (Lipinski definition) is 6. The van der Waals surface area contributed by atoms with Gasteiger partial charge in [-0.3, -0.25) is 14.3 Å². The Labute approximate surface area is 261 Å². The van der Waals surface area contributed by atoms with E-state index in [9.17, 15) is 27.6 Å². The molecule has 16 heteroatoms. The average Bonchev–Trinajstić information content (AvgIpc) is 3.67. The molecule has 0 saturated carbocycles. The summed E-state index contributed by atoms with van der Waals surface area (Å²) in [5, 5.41) is 9.61. The van der Waals surface area contributed by atoms with Crippen LogP contribution in [0.2, 0.25) is 5.02 Å². The number of fused-ring (bicyclic) bond motifs is 1. The van der Waals surface area contributed by atoms with Crippen LogP contribution < -0.4 is 10.6 Å². The van der Waals surface area contributed by atoms with Gasteiger partial charge in [-0.25, -0.2) is 9.78 Å². The molecule has 0 aliphatic carbocycles. The monoisotopic (exact) mass is 643 g/mol. The lowest BCUT2D eigenvalue weighted by atomic mass is 9.96. The molecular weight excluding hydrogens is 615 g/mol. The molecule has 0 radical (unpaired) electrons. The van der Waals surface area contributed by atoms with Crippen LogP contribution in [0.15, 0.2) is 30.6 Å². The topological polar surface area (TPSA) is 121 Å². The predicted molar refractivity (Wildman–Crippen MR) is 157 cm³/mol. The number of benzene rings is 1. The Morgan fingerprint density at radius 1 is 1.13 bits per heavy atom. The van der Waals surface area contributed by atoms with Crippen LogP contribution in [0.4, 0.5) is 23.7 Å². The van der Waals surface area contributed by atoms with Gasteiger partial charge in [0.2, 0.25) is 0 Å². The van der Waals surface area contributed by atoms with E-state index in [1.165, 1.54) is 29.8 Å². The number of carbonyl (C=O) groups excluding carboxylic acids is 3. The maximum absolute atomic E-state index is 13.7. The van der Waals surface area contributed by atoms with Gasteiger partial charge in [-0.05, 0) is 18.2 Å². The fourth-order valence-corrected chi connectivity index (χ4v) is 6.16. The third-order valence-corrected chi connectivity index (χ3v) is 8.71. The smallest absolute Gasteiger partial charge is 0.335 e. The first-order valence-electron chi connectivity index (χ1n) is 14.2. The van der Waals surface area contributed by atoms with Crippen LogP contribution in [-0.4, -0.2) is 104 Å². The molecule has 0 bridgehead atoms. The van der Waals surface area contributed by atoms with Gasteiger partial charge in [-0.15, -0.1) is 6.42 Å². The van der Waals surface area contributed by atoms with E-state index in [1.807, 2.05) is 4.90 Å². The first kappa shape index (κ1) is 30.5. The van der Waals surface area contributed by atoms with Crippen molar-refractivity contribution >= 4 is 35.1 Å². The molecule has 4 amide bonds. The molecule has 2 atom stereocenters. The summed E-state index contributed by atoms with van der Waals surface area (Å²) < 4.78 is 43.2. The van der Waals surface area contributed by atoms with Crippen LogP contribution in [-0.2, 0) is 19.8 Å². The molecule has 1 aromatic carbocycles. The van der Waals surface area contributed by atoms with Crippen LogP contribution in [0.25, 0.3) is 11.3 Å². The van der Waals surface area contributed by atoms with E-state index < -0.39 is 17.8 Å². The minimum Gasteiger partial charge on any atom is -0.335 e. The number of hydrogen-bond donors (Lipinski definition) is 2. The van der Waals surface area contributed by atoms with Crippen molar-refractivity contribution in [3.63, 3.8) is 0 Å². The summed E-state index contributed by atoms with van der Waals surface area (Å²) in [6.45, 7) is 3.79. The zero-order chi connectivity index (χ0) is 32.0. The third-order valence-electron chi connectivity index (χ3n) is 8.40. The highest BCUT2D eigenvalue weighted by Gasteiger charge is 2.42. The summed E-state index contributed by atoms with van der Waals surface area (Å²) in [6.07, 6.45) is 2.77. The molecule has 5 heterocycles. The number of nitrogens with zero attached hydrogens (tertiary/aromatic N) is 7. The molecule has 0 spiro atoms. The minimum absolute atomic E-state index is 0.00369. The highest BCUT2D eigenvalue weighted by Crippen LogP contribution is 2.36. The molecule has 3 aliphatic heterocycles. The Hall–Kier alpha value is -4.55. The van der Waals surface area contributed by atoms with E-state index >= 15 is 0 Å². The van der Waals surface area contributed by atoms with Crippen molar-refractivity contribution in [3.05, 3.63) is 52.7 Å². The van der Waals surface area contributed by atoms with Gasteiger partial charge in [0.15, 0.2) is 11.5 Å².